The molecule has 1 aliphatic carbocycles. The summed E-state index contributed by atoms with van der Waals surface area (Å²) in [5.74, 6) is 4.57. The molecule has 1 atom stereocenters. The molecule has 0 bridgehead atoms. The zero-order valence-corrected chi connectivity index (χ0v) is 11.8. The number of hydrazine groups is 1. The Hall–Kier alpha value is -1.04. The topological polar surface area (TPSA) is 47.3 Å². The number of hydrogen-bond acceptors (Lipinski definition) is 3. The first-order valence-electron chi connectivity index (χ1n) is 7.15. The van der Waals surface area contributed by atoms with E-state index in [1.165, 1.54) is 12.1 Å². The SMILES string of the molecule is CCOC1(C(Cc2ccc(F)cc2F)NN)CCCC1. The molecule has 1 aromatic carbocycles. The van der Waals surface area contributed by atoms with Crippen molar-refractivity contribution in [3.8, 4) is 0 Å². The predicted molar refractivity (Wildman–Crippen MR) is 74.0 cm³/mol. The summed E-state index contributed by atoms with van der Waals surface area (Å²) in [7, 11) is 0. The number of ether oxygens (including phenoxy) is 1. The predicted octanol–water partition coefficient (Wildman–Crippen LogP) is 2.69. The van der Waals surface area contributed by atoms with E-state index in [9.17, 15) is 8.78 Å². The van der Waals surface area contributed by atoms with Gasteiger partial charge in [0.1, 0.15) is 11.6 Å². The van der Waals surface area contributed by atoms with Gasteiger partial charge in [0, 0.05) is 12.7 Å². The van der Waals surface area contributed by atoms with Gasteiger partial charge in [-0.05, 0) is 37.8 Å². The monoisotopic (exact) mass is 284 g/mol. The summed E-state index contributed by atoms with van der Waals surface area (Å²) in [6, 6.07) is 3.48. The van der Waals surface area contributed by atoms with E-state index >= 15 is 0 Å². The van der Waals surface area contributed by atoms with E-state index in [1.807, 2.05) is 6.92 Å². The van der Waals surface area contributed by atoms with Crippen LogP contribution in [0.2, 0.25) is 0 Å². The summed E-state index contributed by atoms with van der Waals surface area (Å²) < 4.78 is 32.7. The Morgan fingerprint density at radius 1 is 1.35 bits per heavy atom. The van der Waals surface area contributed by atoms with Crippen molar-refractivity contribution >= 4 is 0 Å². The molecule has 1 unspecified atom stereocenters. The number of hydrogen-bond donors (Lipinski definition) is 2. The van der Waals surface area contributed by atoms with E-state index in [1.54, 1.807) is 0 Å². The highest BCUT2D eigenvalue weighted by Crippen LogP contribution is 2.37. The van der Waals surface area contributed by atoms with E-state index < -0.39 is 11.6 Å². The van der Waals surface area contributed by atoms with Crippen LogP contribution in [0.15, 0.2) is 18.2 Å². The average molecular weight is 284 g/mol. The molecule has 3 N–H and O–H groups in total. The second-order valence-electron chi connectivity index (χ2n) is 5.36. The van der Waals surface area contributed by atoms with Crippen molar-refractivity contribution in [3.05, 3.63) is 35.4 Å². The highest BCUT2D eigenvalue weighted by atomic mass is 19.1. The normalized spacial score (nSPS) is 19.2. The molecule has 5 heteroatoms. The number of halogens is 2. The Morgan fingerprint density at radius 3 is 2.60 bits per heavy atom. The van der Waals surface area contributed by atoms with Crippen molar-refractivity contribution in [2.75, 3.05) is 6.61 Å². The summed E-state index contributed by atoms with van der Waals surface area (Å²) in [5, 5.41) is 0. The van der Waals surface area contributed by atoms with Crippen LogP contribution in [0.1, 0.15) is 38.2 Å². The molecule has 0 heterocycles. The summed E-state index contributed by atoms with van der Waals surface area (Å²) in [5.41, 5.74) is 2.89. The smallest absolute Gasteiger partial charge is 0.129 e. The minimum atomic E-state index is -0.566. The van der Waals surface area contributed by atoms with E-state index in [4.69, 9.17) is 10.6 Å². The lowest BCUT2D eigenvalue weighted by Crippen LogP contribution is -2.54. The number of nitrogens with two attached hydrogens (primary N) is 1. The van der Waals surface area contributed by atoms with Gasteiger partial charge in [0.2, 0.25) is 0 Å². The van der Waals surface area contributed by atoms with Gasteiger partial charge in [-0.25, -0.2) is 8.78 Å². The molecule has 0 amide bonds. The van der Waals surface area contributed by atoms with Gasteiger partial charge in [-0.15, -0.1) is 0 Å². The molecule has 2 rings (SSSR count). The van der Waals surface area contributed by atoms with Crippen molar-refractivity contribution in [1.29, 1.82) is 0 Å². The Morgan fingerprint density at radius 2 is 2.05 bits per heavy atom. The van der Waals surface area contributed by atoms with Crippen molar-refractivity contribution in [1.82, 2.24) is 5.43 Å². The van der Waals surface area contributed by atoms with Gasteiger partial charge in [-0.2, -0.15) is 0 Å². The van der Waals surface area contributed by atoms with Crippen LogP contribution >= 0.6 is 0 Å². The van der Waals surface area contributed by atoms with Crippen molar-refractivity contribution in [2.45, 2.75) is 50.7 Å². The lowest BCUT2D eigenvalue weighted by molar-refractivity contribution is -0.0614. The molecule has 1 fully saturated rings. The van der Waals surface area contributed by atoms with Gasteiger partial charge in [-0.3, -0.25) is 11.3 Å². The van der Waals surface area contributed by atoms with E-state index in [0.29, 0.717) is 18.6 Å². The Balaban J connectivity index is 2.18. The zero-order chi connectivity index (χ0) is 14.6. The minimum absolute atomic E-state index is 0.176. The van der Waals surface area contributed by atoms with E-state index in [-0.39, 0.29) is 11.6 Å². The third kappa shape index (κ3) is 3.16. The van der Waals surface area contributed by atoms with Gasteiger partial charge in [-0.1, -0.05) is 18.9 Å². The Labute approximate surface area is 118 Å². The molecule has 3 nitrogen and oxygen atoms in total. The molecule has 1 aromatic rings. The third-order valence-corrected chi connectivity index (χ3v) is 4.16. The molecule has 20 heavy (non-hydrogen) atoms. The van der Waals surface area contributed by atoms with Gasteiger partial charge in [0.25, 0.3) is 0 Å². The zero-order valence-electron chi connectivity index (χ0n) is 11.8. The van der Waals surface area contributed by atoms with Crippen LogP contribution < -0.4 is 11.3 Å². The van der Waals surface area contributed by atoms with Crippen LogP contribution in [0.25, 0.3) is 0 Å². The summed E-state index contributed by atoms with van der Waals surface area (Å²) in [6.45, 7) is 2.55. The molecule has 0 aromatic heterocycles. The van der Waals surface area contributed by atoms with Gasteiger partial charge in [0.15, 0.2) is 0 Å². The van der Waals surface area contributed by atoms with Gasteiger partial charge >= 0.3 is 0 Å². The fourth-order valence-electron chi connectivity index (χ4n) is 3.16. The van der Waals surface area contributed by atoms with E-state index in [0.717, 1.165) is 31.7 Å². The second-order valence-corrected chi connectivity index (χ2v) is 5.36. The van der Waals surface area contributed by atoms with Crippen LogP contribution in [0.3, 0.4) is 0 Å². The molecule has 1 aliphatic rings. The van der Waals surface area contributed by atoms with Crippen molar-refractivity contribution in [2.24, 2.45) is 5.84 Å². The third-order valence-electron chi connectivity index (χ3n) is 4.16. The Kier molecular flexibility index (Phi) is 5.07. The fourth-order valence-corrected chi connectivity index (χ4v) is 3.16. The Bertz CT molecular complexity index is 447. The summed E-state index contributed by atoms with van der Waals surface area (Å²) >= 11 is 0. The standard InChI is InChI=1S/C15H22F2N2O/c1-2-20-15(7-3-4-8-15)14(19-18)9-11-5-6-12(16)10-13(11)17/h5-6,10,14,19H,2-4,7-9,18H2,1H3. The highest BCUT2D eigenvalue weighted by Gasteiger charge is 2.42. The molecule has 0 aliphatic heterocycles. The van der Waals surface area contributed by atoms with Crippen LogP contribution in [-0.2, 0) is 11.2 Å². The van der Waals surface area contributed by atoms with Crippen LogP contribution in [-0.4, -0.2) is 18.2 Å². The molecule has 1 saturated carbocycles. The van der Waals surface area contributed by atoms with Crippen LogP contribution in [0, 0.1) is 11.6 Å². The maximum atomic E-state index is 13.8. The summed E-state index contributed by atoms with van der Waals surface area (Å²) in [6.07, 6.45) is 4.40. The van der Waals surface area contributed by atoms with Crippen molar-refractivity contribution < 1.29 is 13.5 Å². The molecule has 0 saturated heterocycles. The average Bonchev–Trinajstić information content (AvgIpc) is 2.88. The lowest BCUT2D eigenvalue weighted by atomic mass is 9.87. The largest absolute Gasteiger partial charge is 0.374 e. The molecular weight excluding hydrogens is 262 g/mol. The first kappa shape index (κ1) is 15.4. The highest BCUT2D eigenvalue weighted by molar-refractivity contribution is 5.21. The minimum Gasteiger partial charge on any atom is -0.374 e. The number of benzene rings is 1. The van der Waals surface area contributed by atoms with E-state index in [2.05, 4.69) is 5.43 Å². The van der Waals surface area contributed by atoms with Gasteiger partial charge in [0.05, 0.1) is 11.6 Å². The second kappa shape index (κ2) is 6.61. The maximum absolute atomic E-state index is 13.8. The number of nitrogens with one attached hydrogen (secondary N) is 1. The fraction of sp³-hybridized carbons (Fsp3) is 0.600. The molecule has 112 valence electrons. The lowest BCUT2D eigenvalue weighted by Gasteiger charge is -2.37. The molecular formula is C15H22F2N2O. The first-order valence-corrected chi connectivity index (χ1v) is 7.15. The molecule has 0 spiro atoms. The van der Waals surface area contributed by atoms with Gasteiger partial charge < -0.3 is 4.74 Å². The maximum Gasteiger partial charge on any atom is 0.129 e. The van der Waals surface area contributed by atoms with Crippen LogP contribution in [0.4, 0.5) is 8.78 Å². The van der Waals surface area contributed by atoms with Crippen LogP contribution in [0.5, 0.6) is 0 Å². The summed E-state index contributed by atoms with van der Waals surface area (Å²) in [4.78, 5) is 0. The first-order chi connectivity index (χ1) is 9.61. The number of rotatable bonds is 6. The molecule has 0 radical (unpaired) electrons. The van der Waals surface area contributed by atoms with Crippen molar-refractivity contribution in [3.63, 3.8) is 0 Å². The quantitative estimate of drug-likeness (QED) is 0.623.